The van der Waals surface area contributed by atoms with Crippen molar-refractivity contribution in [2.45, 2.75) is 19.1 Å². The molecule has 2 N–H and O–H groups in total. The molecule has 3 nitrogen and oxygen atoms in total. The molecule has 0 radical (unpaired) electrons. The highest BCUT2D eigenvalue weighted by molar-refractivity contribution is 5.29. The molecule has 2 aromatic rings. The summed E-state index contributed by atoms with van der Waals surface area (Å²) >= 11 is 0. The number of nitrogens with zero attached hydrogens (tertiary/aromatic N) is 1. The third-order valence-electron chi connectivity index (χ3n) is 2.76. The van der Waals surface area contributed by atoms with E-state index in [1.54, 1.807) is 18.6 Å². The minimum atomic E-state index is -4.30. The number of benzene rings is 1. The molecule has 102 valence electrons. The van der Waals surface area contributed by atoms with E-state index in [1.165, 1.54) is 12.1 Å². The topological polar surface area (TPSA) is 40.7 Å². The summed E-state index contributed by atoms with van der Waals surface area (Å²) in [5.74, 6) is 0. The molecule has 19 heavy (non-hydrogen) atoms. The van der Waals surface area contributed by atoms with Gasteiger partial charge in [0.2, 0.25) is 0 Å². The molecule has 0 amide bonds. The molecule has 1 heterocycles. The summed E-state index contributed by atoms with van der Waals surface area (Å²) in [5, 5.41) is 3.00. The molecule has 0 fully saturated rings. The number of alkyl halides is 3. The van der Waals surface area contributed by atoms with Crippen molar-refractivity contribution in [3.05, 3.63) is 53.6 Å². The zero-order valence-electron chi connectivity index (χ0n) is 10.2. The lowest BCUT2D eigenvalue weighted by atomic mass is 10.1. The van der Waals surface area contributed by atoms with Crippen LogP contribution in [0.5, 0.6) is 0 Å². The first kappa shape index (κ1) is 13.6. The first-order valence-electron chi connectivity index (χ1n) is 5.90. The van der Waals surface area contributed by atoms with Gasteiger partial charge in [-0.05, 0) is 11.6 Å². The Balaban J connectivity index is 1.89. The standard InChI is InChI=1S/C13H14F3N3/c14-13(15,16)12-4-2-1-3-10(12)7-17-6-5-11-8-18-9-19-11/h1-4,8-9,17H,5-7H2,(H,18,19). The number of halogens is 3. The quantitative estimate of drug-likeness (QED) is 0.819. The predicted octanol–water partition coefficient (Wildman–Crippen LogP) is 2.76. The van der Waals surface area contributed by atoms with Gasteiger partial charge in [-0.2, -0.15) is 13.2 Å². The molecule has 0 unspecified atom stereocenters. The third kappa shape index (κ3) is 3.82. The molecule has 0 spiro atoms. The van der Waals surface area contributed by atoms with Crippen LogP contribution >= 0.6 is 0 Å². The molecule has 0 aliphatic carbocycles. The highest BCUT2D eigenvalue weighted by atomic mass is 19.4. The second-order valence-corrected chi connectivity index (χ2v) is 4.16. The third-order valence-corrected chi connectivity index (χ3v) is 2.76. The minimum Gasteiger partial charge on any atom is -0.348 e. The van der Waals surface area contributed by atoms with Crippen LogP contribution in [-0.4, -0.2) is 16.5 Å². The number of rotatable bonds is 5. The van der Waals surface area contributed by atoms with Crippen LogP contribution in [0.3, 0.4) is 0 Å². The average molecular weight is 269 g/mol. The van der Waals surface area contributed by atoms with E-state index in [0.717, 1.165) is 11.8 Å². The van der Waals surface area contributed by atoms with Gasteiger partial charge in [-0.1, -0.05) is 18.2 Å². The fraction of sp³-hybridized carbons (Fsp3) is 0.308. The van der Waals surface area contributed by atoms with E-state index < -0.39 is 11.7 Å². The second-order valence-electron chi connectivity index (χ2n) is 4.16. The molecule has 6 heteroatoms. The van der Waals surface area contributed by atoms with E-state index >= 15 is 0 Å². The molecule has 1 aromatic carbocycles. The van der Waals surface area contributed by atoms with Crippen LogP contribution in [-0.2, 0) is 19.1 Å². The van der Waals surface area contributed by atoms with Gasteiger partial charge in [-0.15, -0.1) is 0 Å². The smallest absolute Gasteiger partial charge is 0.348 e. The van der Waals surface area contributed by atoms with E-state index in [9.17, 15) is 13.2 Å². The van der Waals surface area contributed by atoms with Crippen molar-refractivity contribution >= 4 is 0 Å². The highest BCUT2D eigenvalue weighted by Crippen LogP contribution is 2.31. The van der Waals surface area contributed by atoms with Crippen molar-refractivity contribution in [3.63, 3.8) is 0 Å². The lowest BCUT2D eigenvalue weighted by Crippen LogP contribution is -2.19. The summed E-state index contributed by atoms with van der Waals surface area (Å²) in [6.07, 6.45) is -0.324. The molecule has 0 aliphatic rings. The summed E-state index contributed by atoms with van der Waals surface area (Å²) in [4.78, 5) is 6.81. The number of H-pyrrole nitrogens is 1. The summed E-state index contributed by atoms with van der Waals surface area (Å²) in [6, 6.07) is 5.61. The zero-order chi connectivity index (χ0) is 13.7. The van der Waals surface area contributed by atoms with E-state index in [2.05, 4.69) is 15.3 Å². The number of aromatic amines is 1. The number of hydrogen-bond acceptors (Lipinski definition) is 2. The maximum absolute atomic E-state index is 12.7. The Morgan fingerprint density at radius 3 is 2.68 bits per heavy atom. The van der Waals surface area contributed by atoms with Gasteiger partial charge < -0.3 is 10.3 Å². The summed E-state index contributed by atoms with van der Waals surface area (Å²) in [5.41, 5.74) is 0.639. The van der Waals surface area contributed by atoms with Crippen LogP contribution < -0.4 is 5.32 Å². The molecular formula is C13H14F3N3. The van der Waals surface area contributed by atoms with Crippen LogP contribution in [0.1, 0.15) is 16.8 Å². The monoisotopic (exact) mass is 269 g/mol. The van der Waals surface area contributed by atoms with Gasteiger partial charge in [0.15, 0.2) is 0 Å². The lowest BCUT2D eigenvalue weighted by Gasteiger charge is -2.13. The molecule has 1 aromatic heterocycles. The van der Waals surface area contributed by atoms with Crippen LogP contribution in [0.4, 0.5) is 13.2 Å². The van der Waals surface area contributed by atoms with E-state index in [-0.39, 0.29) is 12.1 Å². The van der Waals surface area contributed by atoms with Crippen LogP contribution in [0.2, 0.25) is 0 Å². The lowest BCUT2D eigenvalue weighted by molar-refractivity contribution is -0.138. The second kappa shape index (κ2) is 5.88. The van der Waals surface area contributed by atoms with Crippen LogP contribution in [0.15, 0.2) is 36.8 Å². The van der Waals surface area contributed by atoms with Gasteiger partial charge in [-0.3, -0.25) is 0 Å². The van der Waals surface area contributed by atoms with Crippen molar-refractivity contribution in [1.82, 2.24) is 15.3 Å². The predicted molar refractivity (Wildman–Crippen MR) is 65.4 cm³/mol. The Hall–Kier alpha value is -1.82. The number of aromatic nitrogens is 2. The fourth-order valence-electron chi connectivity index (χ4n) is 1.82. The molecular weight excluding hydrogens is 255 g/mol. The van der Waals surface area contributed by atoms with Crippen molar-refractivity contribution in [3.8, 4) is 0 Å². The largest absolute Gasteiger partial charge is 0.416 e. The van der Waals surface area contributed by atoms with Crippen LogP contribution in [0, 0.1) is 0 Å². The van der Waals surface area contributed by atoms with Crippen LogP contribution in [0.25, 0.3) is 0 Å². The molecule has 0 saturated carbocycles. The van der Waals surface area contributed by atoms with Crippen molar-refractivity contribution in [1.29, 1.82) is 0 Å². The molecule has 0 atom stereocenters. The van der Waals surface area contributed by atoms with Gasteiger partial charge in [0, 0.05) is 31.4 Å². The van der Waals surface area contributed by atoms with Gasteiger partial charge in [-0.25, -0.2) is 4.98 Å². The van der Waals surface area contributed by atoms with E-state index in [4.69, 9.17) is 0 Å². The Labute approximate surface area is 108 Å². The molecule has 0 bridgehead atoms. The first-order chi connectivity index (χ1) is 9.07. The maximum atomic E-state index is 12.7. The van der Waals surface area contributed by atoms with Gasteiger partial charge in [0.05, 0.1) is 11.9 Å². The Kier molecular flexibility index (Phi) is 4.21. The molecule has 0 aliphatic heterocycles. The van der Waals surface area contributed by atoms with Gasteiger partial charge in [0.25, 0.3) is 0 Å². The van der Waals surface area contributed by atoms with Crippen molar-refractivity contribution < 1.29 is 13.2 Å². The highest BCUT2D eigenvalue weighted by Gasteiger charge is 2.32. The van der Waals surface area contributed by atoms with Crippen molar-refractivity contribution in [2.24, 2.45) is 0 Å². The summed E-state index contributed by atoms with van der Waals surface area (Å²) in [6.45, 7) is 0.790. The van der Waals surface area contributed by atoms with E-state index in [0.29, 0.717) is 13.0 Å². The Morgan fingerprint density at radius 2 is 2.00 bits per heavy atom. The zero-order valence-corrected chi connectivity index (χ0v) is 10.2. The number of hydrogen-bond donors (Lipinski definition) is 2. The fourth-order valence-corrected chi connectivity index (χ4v) is 1.82. The number of nitrogens with one attached hydrogen (secondary N) is 2. The molecule has 2 rings (SSSR count). The number of imidazole rings is 1. The first-order valence-corrected chi connectivity index (χ1v) is 5.90. The van der Waals surface area contributed by atoms with Gasteiger partial charge >= 0.3 is 6.18 Å². The SMILES string of the molecule is FC(F)(F)c1ccccc1CNCCc1cnc[nH]1. The van der Waals surface area contributed by atoms with Crippen molar-refractivity contribution in [2.75, 3.05) is 6.54 Å². The average Bonchev–Trinajstić information content (AvgIpc) is 2.87. The Morgan fingerprint density at radius 1 is 1.21 bits per heavy atom. The summed E-state index contributed by atoms with van der Waals surface area (Å²) < 4.78 is 38.2. The summed E-state index contributed by atoms with van der Waals surface area (Å²) in [7, 11) is 0. The van der Waals surface area contributed by atoms with Gasteiger partial charge in [0.1, 0.15) is 0 Å². The Bertz CT molecular complexity index is 506. The minimum absolute atomic E-state index is 0.198. The molecule has 0 saturated heterocycles. The normalized spacial score (nSPS) is 11.7. The maximum Gasteiger partial charge on any atom is 0.416 e. The van der Waals surface area contributed by atoms with E-state index in [1.807, 2.05) is 0 Å².